The lowest BCUT2D eigenvalue weighted by atomic mass is 9.91. The monoisotopic (exact) mass is 272 g/mol. The van der Waals surface area contributed by atoms with Gasteiger partial charge in [-0.05, 0) is 57.2 Å². The van der Waals surface area contributed by atoms with E-state index in [9.17, 15) is 4.79 Å². The number of rotatable bonds is 1. The van der Waals surface area contributed by atoms with Gasteiger partial charge in [-0.3, -0.25) is 4.79 Å². The van der Waals surface area contributed by atoms with Crippen LogP contribution in [0.1, 0.15) is 38.2 Å². The van der Waals surface area contributed by atoms with E-state index in [1.54, 1.807) is 0 Å². The lowest BCUT2D eigenvalue weighted by molar-refractivity contribution is -0.123. The molecule has 20 heavy (non-hydrogen) atoms. The molecule has 2 atom stereocenters. The third-order valence-corrected chi connectivity index (χ3v) is 4.60. The number of fused-ring (bicyclic) bond motifs is 1. The van der Waals surface area contributed by atoms with Crippen LogP contribution in [0.5, 0.6) is 0 Å². The molecule has 3 nitrogen and oxygen atoms in total. The fraction of sp³-hybridized carbons (Fsp3) is 0.588. The maximum Gasteiger partial charge on any atom is 0.230 e. The predicted octanol–water partition coefficient (Wildman–Crippen LogP) is 2.74. The highest BCUT2D eigenvalue weighted by Gasteiger charge is 2.30. The van der Waals surface area contributed by atoms with Crippen molar-refractivity contribution >= 4 is 11.6 Å². The summed E-state index contributed by atoms with van der Waals surface area (Å²) in [6.45, 7) is 4.02. The lowest BCUT2D eigenvalue weighted by Gasteiger charge is -2.32. The smallest absolute Gasteiger partial charge is 0.230 e. The van der Waals surface area contributed by atoms with Gasteiger partial charge in [0.15, 0.2) is 0 Å². The number of carbonyl (C=O) groups excluding carboxylic acids is 1. The van der Waals surface area contributed by atoms with Crippen molar-refractivity contribution in [1.29, 1.82) is 0 Å². The van der Waals surface area contributed by atoms with Crippen molar-refractivity contribution in [3.63, 3.8) is 0 Å². The number of aryl methyl sites for hydroxylation is 1. The summed E-state index contributed by atoms with van der Waals surface area (Å²) in [6.07, 6.45) is 5.34. The third kappa shape index (κ3) is 2.73. The molecule has 0 saturated carbocycles. The largest absolute Gasteiger partial charge is 0.314 e. The fourth-order valence-electron chi connectivity index (χ4n) is 3.50. The molecule has 3 heteroatoms. The molecule has 2 heterocycles. The average molecular weight is 272 g/mol. The van der Waals surface area contributed by atoms with Crippen LogP contribution in [0, 0.1) is 5.92 Å². The first kappa shape index (κ1) is 13.6. The van der Waals surface area contributed by atoms with Crippen LogP contribution >= 0.6 is 0 Å². The van der Waals surface area contributed by atoms with E-state index < -0.39 is 0 Å². The van der Waals surface area contributed by atoms with Crippen molar-refractivity contribution < 1.29 is 4.79 Å². The Morgan fingerprint density at radius 1 is 1.30 bits per heavy atom. The Morgan fingerprint density at radius 2 is 2.15 bits per heavy atom. The molecular formula is C17H24N2O. The summed E-state index contributed by atoms with van der Waals surface area (Å²) in [4.78, 5) is 15.0. The van der Waals surface area contributed by atoms with Crippen LogP contribution < -0.4 is 10.2 Å². The van der Waals surface area contributed by atoms with E-state index in [1.165, 1.54) is 12.0 Å². The van der Waals surface area contributed by atoms with Crippen molar-refractivity contribution in [3.8, 4) is 0 Å². The fourth-order valence-corrected chi connectivity index (χ4v) is 3.50. The molecule has 0 spiro atoms. The predicted molar refractivity (Wildman–Crippen MR) is 81.9 cm³/mol. The Bertz CT molecular complexity index is 486. The molecule has 1 N–H and O–H groups in total. The van der Waals surface area contributed by atoms with Crippen LogP contribution in [0.4, 0.5) is 5.69 Å². The Morgan fingerprint density at radius 3 is 3.00 bits per heavy atom. The van der Waals surface area contributed by atoms with Crippen molar-refractivity contribution in [2.75, 3.05) is 18.0 Å². The number of para-hydroxylation sites is 1. The van der Waals surface area contributed by atoms with Crippen molar-refractivity contribution in [2.45, 2.75) is 45.1 Å². The van der Waals surface area contributed by atoms with Crippen LogP contribution in [0.3, 0.4) is 0 Å². The second kappa shape index (κ2) is 5.96. The number of amides is 1. The second-order valence-corrected chi connectivity index (χ2v) is 6.15. The molecule has 1 aromatic carbocycles. The summed E-state index contributed by atoms with van der Waals surface area (Å²) in [7, 11) is 0. The molecule has 2 aliphatic rings. The number of nitrogens with one attached hydrogen (secondary N) is 1. The molecule has 3 rings (SSSR count). The molecule has 108 valence electrons. The molecule has 0 aliphatic carbocycles. The highest BCUT2D eigenvalue weighted by atomic mass is 16.2. The van der Waals surface area contributed by atoms with Gasteiger partial charge in [0, 0.05) is 24.2 Å². The van der Waals surface area contributed by atoms with E-state index >= 15 is 0 Å². The number of anilines is 1. The Balaban J connectivity index is 1.83. The third-order valence-electron chi connectivity index (χ3n) is 4.60. The number of hydrogen-bond donors (Lipinski definition) is 1. The molecule has 2 unspecified atom stereocenters. The van der Waals surface area contributed by atoms with Crippen LogP contribution in [0.25, 0.3) is 0 Å². The van der Waals surface area contributed by atoms with Gasteiger partial charge in [0.05, 0.1) is 0 Å². The number of piperidine rings is 1. The van der Waals surface area contributed by atoms with E-state index in [1.807, 2.05) is 0 Å². The summed E-state index contributed by atoms with van der Waals surface area (Å²) in [5, 5.41) is 3.43. The molecule has 1 fully saturated rings. The zero-order chi connectivity index (χ0) is 13.9. The van der Waals surface area contributed by atoms with E-state index in [-0.39, 0.29) is 5.92 Å². The van der Waals surface area contributed by atoms with Gasteiger partial charge < -0.3 is 10.2 Å². The van der Waals surface area contributed by atoms with Gasteiger partial charge in [0.2, 0.25) is 5.91 Å². The average Bonchev–Trinajstić information content (AvgIpc) is 2.69. The minimum Gasteiger partial charge on any atom is -0.314 e. The number of carbonyl (C=O) groups is 1. The number of hydrogen-bond acceptors (Lipinski definition) is 2. The van der Waals surface area contributed by atoms with Gasteiger partial charge >= 0.3 is 0 Å². The minimum absolute atomic E-state index is 0.192. The van der Waals surface area contributed by atoms with Crippen LogP contribution in [-0.2, 0) is 11.2 Å². The summed E-state index contributed by atoms with van der Waals surface area (Å²) < 4.78 is 0. The maximum absolute atomic E-state index is 12.9. The van der Waals surface area contributed by atoms with Crippen molar-refractivity contribution in [2.24, 2.45) is 5.92 Å². The van der Waals surface area contributed by atoms with E-state index in [0.29, 0.717) is 11.9 Å². The Kier molecular flexibility index (Phi) is 4.06. The second-order valence-electron chi connectivity index (χ2n) is 6.15. The van der Waals surface area contributed by atoms with Gasteiger partial charge in [0.25, 0.3) is 0 Å². The highest BCUT2D eigenvalue weighted by Crippen LogP contribution is 2.29. The van der Waals surface area contributed by atoms with E-state index in [2.05, 4.69) is 41.4 Å². The maximum atomic E-state index is 12.9. The number of nitrogens with zero attached hydrogens (tertiary/aromatic N) is 1. The topological polar surface area (TPSA) is 32.3 Å². The molecule has 1 saturated heterocycles. The SMILES string of the molecule is CC1CC(C(=O)N2CCCCc3ccccc32)CCN1. The molecular weight excluding hydrogens is 248 g/mol. The Labute approximate surface area is 121 Å². The standard InChI is InChI=1S/C17H24N2O/c1-13-12-15(9-10-18-13)17(20)19-11-5-4-7-14-6-2-3-8-16(14)19/h2-3,6,8,13,15,18H,4-5,7,9-12H2,1H3. The first-order valence-corrected chi connectivity index (χ1v) is 7.88. The lowest BCUT2D eigenvalue weighted by Crippen LogP contribution is -2.44. The summed E-state index contributed by atoms with van der Waals surface area (Å²) in [5.74, 6) is 0.533. The van der Waals surface area contributed by atoms with Gasteiger partial charge in [-0.15, -0.1) is 0 Å². The van der Waals surface area contributed by atoms with Crippen molar-refractivity contribution in [3.05, 3.63) is 29.8 Å². The molecule has 0 radical (unpaired) electrons. The Hall–Kier alpha value is -1.35. The van der Waals surface area contributed by atoms with Crippen LogP contribution in [-0.4, -0.2) is 25.0 Å². The number of benzene rings is 1. The minimum atomic E-state index is 0.192. The van der Waals surface area contributed by atoms with Crippen molar-refractivity contribution in [1.82, 2.24) is 5.32 Å². The normalized spacial score (nSPS) is 26.8. The molecule has 1 aromatic rings. The molecule has 2 aliphatic heterocycles. The molecule has 0 bridgehead atoms. The zero-order valence-electron chi connectivity index (χ0n) is 12.3. The first-order valence-electron chi connectivity index (χ1n) is 7.88. The van der Waals surface area contributed by atoms with Gasteiger partial charge in [-0.2, -0.15) is 0 Å². The van der Waals surface area contributed by atoms with E-state index in [0.717, 1.165) is 44.5 Å². The summed E-state index contributed by atoms with van der Waals surface area (Å²) >= 11 is 0. The quantitative estimate of drug-likeness (QED) is 0.852. The van der Waals surface area contributed by atoms with Gasteiger partial charge in [-0.1, -0.05) is 18.2 Å². The zero-order valence-corrected chi connectivity index (χ0v) is 12.3. The van der Waals surface area contributed by atoms with Gasteiger partial charge in [-0.25, -0.2) is 0 Å². The summed E-state index contributed by atoms with van der Waals surface area (Å²) in [6, 6.07) is 8.88. The molecule has 0 aromatic heterocycles. The van der Waals surface area contributed by atoms with Gasteiger partial charge in [0.1, 0.15) is 0 Å². The highest BCUT2D eigenvalue weighted by molar-refractivity contribution is 5.96. The first-order chi connectivity index (χ1) is 9.75. The van der Waals surface area contributed by atoms with E-state index in [4.69, 9.17) is 0 Å². The van der Waals surface area contributed by atoms with Crippen LogP contribution in [0.15, 0.2) is 24.3 Å². The molecule has 1 amide bonds. The summed E-state index contributed by atoms with van der Waals surface area (Å²) in [5.41, 5.74) is 2.49. The van der Waals surface area contributed by atoms with Crippen LogP contribution in [0.2, 0.25) is 0 Å².